The molecule has 0 aliphatic rings. The normalized spacial score (nSPS) is 11.4. The summed E-state index contributed by atoms with van der Waals surface area (Å²) in [7, 11) is 0. The Balaban J connectivity index is 2.39. The quantitative estimate of drug-likeness (QED) is 0.490. The molecule has 100 valence electrons. The van der Waals surface area contributed by atoms with Crippen LogP contribution in [0.5, 0.6) is 5.75 Å². The molecule has 0 bridgehead atoms. The topological polar surface area (TPSA) is 50.8 Å². The van der Waals surface area contributed by atoms with Gasteiger partial charge in [0.05, 0.1) is 11.6 Å². The Morgan fingerprint density at radius 3 is 2.61 bits per heavy atom. The van der Waals surface area contributed by atoms with Gasteiger partial charge in [-0.3, -0.25) is 0 Å². The summed E-state index contributed by atoms with van der Waals surface area (Å²) in [6, 6.07) is 7.38. The van der Waals surface area contributed by atoms with Crippen molar-refractivity contribution >= 4 is 17.6 Å². The summed E-state index contributed by atoms with van der Waals surface area (Å²) in [5, 5.41) is 0.609. The van der Waals surface area contributed by atoms with Crippen LogP contribution in [0.3, 0.4) is 0 Å². The molecule has 0 aliphatic carbocycles. The zero-order valence-corrected chi connectivity index (χ0v) is 11.7. The molecule has 0 saturated heterocycles. The summed E-state index contributed by atoms with van der Waals surface area (Å²) in [5.74, 6) is 1.23. The third kappa shape index (κ3) is 4.45. The number of aliphatic imine (C=N–C) groups is 1. The van der Waals surface area contributed by atoms with Crippen molar-refractivity contribution in [3.63, 3.8) is 0 Å². The first-order valence-corrected chi connectivity index (χ1v) is 6.49. The van der Waals surface area contributed by atoms with Crippen molar-refractivity contribution in [3.8, 4) is 5.75 Å². The highest BCUT2D eigenvalue weighted by Crippen LogP contribution is 2.22. The van der Waals surface area contributed by atoms with E-state index < -0.39 is 0 Å². The van der Waals surface area contributed by atoms with Gasteiger partial charge < -0.3 is 15.4 Å². The van der Waals surface area contributed by atoms with Crippen molar-refractivity contribution in [3.05, 3.63) is 29.3 Å². The fourth-order valence-corrected chi connectivity index (χ4v) is 1.72. The van der Waals surface area contributed by atoms with Gasteiger partial charge in [-0.2, -0.15) is 0 Å². The van der Waals surface area contributed by atoms with Crippen molar-refractivity contribution in [1.29, 1.82) is 0 Å². The number of ether oxygens (including phenoxy) is 1. The minimum absolute atomic E-state index is 0.464. The van der Waals surface area contributed by atoms with Crippen LogP contribution < -0.4 is 10.5 Å². The van der Waals surface area contributed by atoms with Gasteiger partial charge in [-0.25, -0.2) is 4.99 Å². The molecule has 1 rings (SSSR count). The monoisotopic (exact) mass is 269 g/mol. The third-order valence-corrected chi connectivity index (χ3v) is 2.86. The molecule has 0 aliphatic heterocycles. The van der Waals surface area contributed by atoms with Gasteiger partial charge in [0.2, 0.25) is 0 Å². The van der Waals surface area contributed by atoms with Gasteiger partial charge in [0.1, 0.15) is 12.4 Å². The zero-order chi connectivity index (χ0) is 13.4. The SMILES string of the molecule is CCN(CC)C(N)=NCCOc1ccccc1Cl. The molecule has 0 spiro atoms. The second kappa shape index (κ2) is 7.82. The fraction of sp³-hybridized carbons (Fsp3) is 0.462. The summed E-state index contributed by atoms with van der Waals surface area (Å²) >= 11 is 5.97. The molecule has 4 nitrogen and oxygen atoms in total. The second-order valence-corrected chi connectivity index (χ2v) is 4.10. The van der Waals surface area contributed by atoms with E-state index in [-0.39, 0.29) is 0 Å². The number of halogens is 1. The molecule has 18 heavy (non-hydrogen) atoms. The Morgan fingerprint density at radius 2 is 2.00 bits per heavy atom. The highest BCUT2D eigenvalue weighted by Gasteiger charge is 2.02. The van der Waals surface area contributed by atoms with E-state index in [9.17, 15) is 0 Å². The van der Waals surface area contributed by atoms with Gasteiger partial charge in [-0.1, -0.05) is 23.7 Å². The van der Waals surface area contributed by atoms with Crippen molar-refractivity contribution in [2.24, 2.45) is 10.7 Å². The molecule has 1 aromatic rings. The van der Waals surface area contributed by atoms with Crippen LogP contribution in [-0.2, 0) is 0 Å². The van der Waals surface area contributed by atoms with E-state index in [1.807, 2.05) is 36.9 Å². The lowest BCUT2D eigenvalue weighted by molar-refractivity contribution is 0.327. The van der Waals surface area contributed by atoms with E-state index in [4.69, 9.17) is 22.1 Å². The molecule has 2 N–H and O–H groups in total. The maximum absolute atomic E-state index is 5.97. The lowest BCUT2D eigenvalue weighted by atomic mass is 10.3. The number of nitrogens with zero attached hydrogens (tertiary/aromatic N) is 2. The molecule has 0 amide bonds. The summed E-state index contributed by atoms with van der Waals surface area (Å²) in [5.41, 5.74) is 5.84. The third-order valence-electron chi connectivity index (χ3n) is 2.55. The number of rotatable bonds is 6. The summed E-state index contributed by atoms with van der Waals surface area (Å²) in [4.78, 5) is 6.26. The number of benzene rings is 1. The van der Waals surface area contributed by atoms with Crippen molar-refractivity contribution in [2.45, 2.75) is 13.8 Å². The number of hydrogen-bond acceptors (Lipinski definition) is 2. The number of guanidine groups is 1. The minimum Gasteiger partial charge on any atom is -0.490 e. The highest BCUT2D eigenvalue weighted by molar-refractivity contribution is 6.32. The van der Waals surface area contributed by atoms with Gasteiger partial charge in [0.15, 0.2) is 5.96 Å². The van der Waals surface area contributed by atoms with Crippen LogP contribution in [0.25, 0.3) is 0 Å². The van der Waals surface area contributed by atoms with Crippen LogP contribution in [0.1, 0.15) is 13.8 Å². The van der Waals surface area contributed by atoms with Crippen LogP contribution >= 0.6 is 11.6 Å². The van der Waals surface area contributed by atoms with Crippen molar-refractivity contribution in [2.75, 3.05) is 26.2 Å². The lowest BCUT2D eigenvalue weighted by Gasteiger charge is -2.19. The molecule has 0 radical (unpaired) electrons. The van der Waals surface area contributed by atoms with Crippen LogP contribution in [0, 0.1) is 0 Å². The average molecular weight is 270 g/mol. The van der Waals surface area contributed by atoms with Crippen LogP contribution in [0.15, 0.2) is 29.3 Å². The first-order valence-electron chi connectivity index (χ1n) is 6.11. The fourth-order valence-electron chi connectivity index (χ4n) is 1.53. The Morgan fingerprint density at radius 1 is 1.33 bits per heavy atom. The smallest absolute Gasteiger partial charge is 0.191 e. The number of hydrogen-bond donors (Lipinski definition) is 1. The molecular weight excluding hydrogens is 250 g/mol. The van der Waals surface area contributed by atoms with Gasteiger partial charge in [-0.15, -0.1) is 0 Å². The van der Waals surface area contributed by atoms with Crippen LogP contribution in [0.2, 0.25) is 5.02 Å². The Labute approximate surface area is 113 Å². The largest absolute Gasteiger partial charge is 0.490 e. The maximum atomic E-state index is 5.97. The van der Waals surface area contributed by atoms with Gasteiger partial charge in [0, 0.05) is 13.1 Å². The van der Waals surface area contributed by atoms with E-state index in [0.29, 0.717) is 29.9 Å². The zero-order valence-electron chi connectivity index (χ0n) is 10.9. The molecule has 0 unspecified atom stereocenters. The maximum Gasteiger partial charge on any atom is 0.191 e. The highest BCUT2D eigenvalue weighted by atomic mass is 35.5. The Hall–Kier alpha value is -1.42. The van der Waals surface area contributed by atoms with E-state index in [1.54, 1.807) is 6.07 Å². The van der Waals surface area contributed by atoms with E-state index >= 15 is 0 Å². The number of nitrogens with two attached hydrogens (primary N) is 1. The van der Waals surface area contributed by atoms with Crippen LogP contribution in [-0.4, -0.2) is 37.1 Å². The average Bonchev–Trinajstić information content (AvgIpc) is 2.38. The molecule has 0 aromatic heterocycles. The number of para-hydroxylation sites is 1. The second-order valence-electron chi connectivity index (χ2n) is 3.69. The van der Waals surface area contributed by atoms with Crippen LogP contribution in [0.4, 0.5) is 0 Å². The molecule has 0 saturated carbocycles. The molecule has 5 heteroatoms. The van der Waals surface area contributed by atoms with Crippen molar-refractivity contribution < 1.29 is 4.74 Å². The molecule has 1 aromatic carbocycles. The van der Waals surface area contributed by atoms with Crippen molar-refractivity contribution in [1.82, 2.24) is 4.90 Å². The van der Waals surface area contributed by atoms with Gasteiger partial charge in [0.25, 0.3) is 0 Å². The summed E-state index contributed by atoms with van der Waals surface area (Å²) < 4.78 is 5.52. The minimum atomic E-state index is 0.464. The predicted octanol–water partition coefficient (Wildman–Crippen LogP) is 2.38. The first kappa shape index (κ1) is 14.6. The standard InChI is InChI=1S/C13H20ClN3O/c1-3-17(4-2)13(15)16-9-10-18-12-8-6-5-7-11(12)14/h5-8H,3-4,9-10H2,1-2H3,(H2,15,16). The predicted molar refractivity (Wildman–Crippen MR) is 76.4 cm³/mol. The molecule has 0 fully saturated rings. The molecular formula is C13H20ClN3O. The Bertz CT molecular complexity index is 392. The summed E-state index contributed by atoms with van der Waals surface area (Å²) in [6.07, 6.45) is 0. The van der Waals surface area contributed by atoms with E-state index in [2.05, 4.69) is 4.99 Å². The first-order chi connectivity index (χ1) is 8.69. The van der Waals surface area contributed by atoms with E-state index in [1.165, 1.54) is 0 Å². The molecule has 0 atom stereocenters. The van der Waals surface area contributed by atoms with E-state index in [0.717, 1.165) is 13.1 Å². The Kier molecular flexibility index (Phi) is 6.36. The summed E-state index contributed by atoms with van der Waals surface area (Å²) in [6.45, 7) is 6.80. The van der Waals surface area contributed by atoms with Gasteiger partial charge in [-0.05, 0) is 26.0 Å². The lowest BCUT2D eigenvalue weighted by Crippen LogP contribution is -2.37. The molecule has 0 heterocycles. The van der Waals surface area contributed by atoms with Gasteiger partial charge >= 0.3 is 0 Å².